The van der Waals surface area contributed by atoms with E-state index >= 15 is 0 Å². The predicted molar refractivity (Wildman–Crippen MR) is 72.0 cm³/mol. The van der Waals surface area contributed by atoms with Crippen molar-refractivity contribution < 1.29 is 5.21 Å². The first kappa shape index (κ1) is 10.3. The third-order valence-electron chi connectivity index (χ3n) is 3.59. The minimum absolute atomic E-state index is 0.00588. The Labute approximate surface area is 107 Å². The van der Waals surface area contributed by atoms with Gasteiger partial charge in [-0.15, -0.1) is 0 Å². The first-order valence-corrected chi connectivity index (χ1v) is 6.04. The van der Waals surface area contributed by atoms with Crippen molar-refractivity contribution in [3.8, 4) is 11.3 Å². The lowest BCUT2D eigenvalue weighted by Gasteiger charge is -2.19. The van der Waals surface area contributed by atoms with Gasteiger partial charge in [-0.3, -0.25) is 4.79 Å². The number of aromatic amines is 1. The quantitative estimate of drug-likeness (QED) is 0.589. The second kappa shape index (κ2) is 3.41. The number of hydrogen-bond acceptors (Lipinski definition) is 2. The van der Waals surface area contributed by atoms with Gasteiger partial charge in [0.25, 0.3) is 0 Å². The lowest BCUT2D eigenvalue weighted by Crippen LogP contribution is -2.37. The molecule has 2 N–H and O–H groups in total. The normalized spacial score (nSPS) is 13.7. The van der Waals surface area contributed by atoms with E-state index in [2.05, 4.69) is 4.98 Å². The lowest BCUT2D eigenvalue weighted by atomic mass is 10.0. The Morgan fingerprint density at radius 2 is 2.21 bits per heavy atom. The van der Waals surface area contributed by atoms with Crippen LogP contribution in [0.5, 0.6) is 0 Å². The Morgan fingerprint density at radius 1 is 1.32 bits per heavy atom. The highest BCUT2D eigenvalue weighted by atomic mass is 16.5. The van der Waals surface area contributed by atoms with Crippen molar-refractivity contribution in [2.24, 2.45) is 0 Å². The molecule has 5 heteroatoms. The van der Waals surface area contributed by atoms with Crippen LogP contribution in [0.3, 0.4) is 0 Å². The molecule has 0 aliphatic carbocycles. The molecule has 4 rings (SSSR count). The summed E-state index contributed by atoms with van der Waals surface area (Å²) in [5.74, 6) is 0. The van der Waals surface area contributed by atoms with Crippen molar-refractivity contribution in [2.75, 3.05) is 0 Å². The minimum atomic E-state index is -0.00588. The van der Waals surface area contributed by atoms with Crippen LogP contribution in [0, 0.1) is 0 Å². The molecular weight excluding hydrogens is 242 g/mol. The van der Waals surface area contributed by atoms with Crippen molar-refractivity contribution in [1.82, 2.24) is 14.3 Å². The summed E-state index contributed by atoms with van der Waals surface area (Å²) in [7, 11) is 0. The van der Waals surface area contributed by atoms with Crippen LogP contribution in [-0.4, -0.2) is 19.5 Å². The van der Waals surface area contributed by atoms with Gasteiger partial charge in [0.05, 0.1) is 10.9 Å². The van der Waals surface area contributed by atoms with Crippen LogP contribution in [0.25, 0.3) is 28.2 Å². The fourth-order valence-corrected chi connectivity index (χ4v) is 2.72. The van der Waals surface area contributed by atoms with Gasteiger partial charge in [0.1, 0.15) is 5.69 Å². The maximum atomic E-state index is 12.5. The molecular formula is C14H11N3O2. The Kier molecular flexibility index (Phi) is 1.84. The maximum absolute atomic E-state index is 12.5. The van der Waals surface area contributed by atoms with Gasteiger partial charge in [-0.05, 0) is 12.1 Å². The molecule has 0 saturated carbocycles. The zero-order valence-electron chi connectivity index (χ0n) is 10.00. The van der Waals surface area contributed by atoms with Gasteiger partial charge in [0, 0.05) is 36.1 Å². The summed E-state index contributed by atoms with van der Waals surface area (Å²) in [5.41, 5.74) is 2.28. The summed E-state index contributed by atoms with van der Waals surface area (Å²) in [6, 6.07) is 1.66. The van der Waals surface area contributed by atoms with Crippen LogP contribution in [-0.2, 0) is 6.54 Å². The summed E-state index contributed by atoms with van der Waals surface area (Å²) < 4.78 is 2.98. The number of rotatable bonds is 0. The van der Waals surface area contributed by atoms with E-state index in [1.165, 1.54) is 6.20 Å². The van der Waals surface area contributed by atoms with Crippen LogP contribution in [0.15, 0.2) is 41.6 Å². The second-order valence-electron chi connectivity index (χ2n) is 4.59. The highest BCUT2D eigenvalue weighted by molar-refractivity contribution is 5.93. The van der Waals surface area contributed by atoms with E-state index in [0.29, 0.717) is 23.0 Å². The summed E-state index contributed by atoms with van der Waals surface area (Å²) in [6.07, 6.45) is 10.7. The van der Waals surface area contributed by atoms with Crippen molar-refractivity contribution >= 4 is 17.0 Å². The highest BCUT2D eigenvalue weighted by Gasteiger charge is 2.18. The molecule has 0 spiro atoms. The predicted octanol–water partition coefficient (Wildman–Crippen LogP) is 1.10. The molecule has 0 atom stereocenters. The number of nitrogens with one attached hydrogen (secondary N) is 1. The first-order chi connectivity index (χ1) is 9.27. The second-order valence-corrected chi connectivity index (χ2v) is 4.59. The number of pyridine rings is 3. The van der Waals surface area contributed by atoms with Crippen LogP contribution in [0.2, 0.25) is 0 Å². The molecule has 0 amide bonds. The number of H-pyrrole nitrogens is 1. The zero-order valence-corrected chi connectivity index (χ0v) is 10.00. The van der Waals surface area contributed by atoms with Gasteiger partial charge in [-0.1, -0.05) is 12.2 Å². The summed E-state index contributed by atoms with van der Waals surface area (Å²) >= 11 is 0. The van der Waals surface area contributed by atoms with Crippen LogP contribution in [0.4, 0.5) is 0 Å². The van der Waals surface area contributed by atoms with Crippen molar-refractivity contribution in [1.29, 1.82) is 0 Å². The smallest absolute Gasteiger partial charge is 0.210 e. The van der Waals surface area contributed by atoms with E-state index in [0.717, 1.165) is 15.8 Å². The topological polar surface area (TPSA) is 63.0 Å². The summed E-state index contributed by atoms with van der Waals surface area (Å²) in [4.78, 5) is 15.5. The molecule has 3 aliphatic rings. The molecule has 0 aromatic carbocycles. The standard InChI is InChI=1S/C14H11N3O2/c18-14-9-4-6-17(19)12-8-15-7-11(13(9)12)16-5-2-1-3-10(14)16/h1-4,6-8,15,19H,5H2. The Hall–Kier alpha value is -2.69. The van der Waals surface area contributed by atoms with Gasteiger partial charge >= 0.3 is 0 Å². The number of allylic oxidation sites excluding steroid dienone is 2. The van der Waals surface area contributed by atoms with E-state index in [4.69, 9.17) is 0 Å². The highest BCUT2D eigenvalue weighted by Crippen LogP contribution is 2.28. The first-order valence-electron chi connectivity index (χ1n) is 6.04. The molecule has 0 saturated heterocycles. The van der Waals surface area contributed by atoms with E-state index < -0.39 is 0 Å². The number of fused-ring (bicyclic) bond motifs is 2. The molecule has 5 nitrogen and oxygen atoms in total. The van der Waals surface area contributed by atoms with E-state index in [9.17, 15) is 10.0 Å². The SMILES string of the molecule is O=c1c2n(c3c[nH]cc4n(O)ccc1c3-4)CC=CC=2. The number of nitrogens with zero attached hydrogens (tertiary/aromatic N) is 2. The molecule has 0 radical (unpaired) electrons. The monoisotopic (exact) mass is 253 g/mol. The minimum Gasteiger partial charge on any atom is -0.428 e. The average molecular weight is 253 g/mol. The maximum Gasteiger partial charge on any atom is 0.210 e. The Balaban J connectivity index is 2.38. The average Bonchev–Trinajstić information content (AvgIpc) is 2.46. The molecule has 1 aromatic rings. The molecule has 4 heterocycles. The fraction of sp³-hybridized carbons (Fsp3) is 0.0714. The zero-order chi connectivity index (χ0) is 13.0. The molecule has 19 heavy (non-hydrogen) atoms. The largest absolute Gasteiger partial charge is 0.428 e. The van der Waals surface area contributed by atoms with E-state index in [1.54, 1.807) is 12.3 Å². The molecule has 0 unspecified atom stereocenters. The van der Waals surface area contributed by atoms with Crippen molar-refractivity contribution in [2.45, 2.75) is 6.54 Å². The summed E-state index contributed by atoms with van der Waals surface area (Å²) in [6.45, 7) is 0.657. The Bertz CT molecular complexity index is 924. The van der Waals surface area contributed by atoms with Gasteiger partial charge in [0.2, 0.25) is 5.43 Å². The summed E-state index contributed by atoms with van der Waals surface area (Å²) in [5, 5.41) is 11.2. The fourth-order valence-electron chi connectivity index (χ4n) is 2.72. The van der Waals surface area contributed by atoms with Crippen LogP contribution in [0.1, 0.15) is 0 Å². The van der Waals surface area contributed by atoms with E-state index in [1.807, 2.05) is 29.0 Å². The molecule has 1 aromatic heterocycles. The van der Waals surface area contributed by atoms with Gasteiger partial charge in [-0.25, -0.2) is 0 Å². The molecule has 94 valence electrons. The number of hydrogen-bond donors (Lipinski definition) is 2. The van der Waals surface area contributed by atoms with Crippen molar-refractivity contribution in [3.05, 3.63) is 52.4 Å². The van der Waals surface area contributed by atoms with Crippen LogP contribution >= 0.6 is 0 Å². The van der Waals surface area contributed by atoms with E-state index in [-0.39, 0.29) is 5.43 Å². The third-order valence-corrected chi connectivity index (χ3v) is 3.59. The lowest BCUT2D eigenvalue weighted by molar-refractivity contribution is 0.189. The molecule has 3 aliphatic heterocycles. The Morgan fingerprint density at radius 3 is 3.11 bits per heavy atom. The van der Waals surface area contributed by atoms with Gasteiger partial charge in [-0.2, -0.15) is 4.73 Å². The third kappa shape index (κ3) is 1.21. The molecule has 0 fully saturated rings. The molecule has 0 bridgehead atoms. The van der Waals surface area contributed by atoms with Gasteiger partial charge in [0.15, 0.2) is 0 Å². The van der Waals surface area contributed by atoms with Crippen molar-refractivity contribution in [3.63, 3.8) is 0 Å². The number of aromatic nitrogens is 3. The van der Waals surface area contributed by atoms with Gasteiger partial charge < -0.3 is 14.8 Å². The van der Waals surface area contributed by atoms with Crippen LogP contribution < -0.4 is 10.8 Å².